The van der Waals surface area contributed by atoms with E-state index < -0.39 is 8.07 Å². The van der Waals surface area contributed by atoms with Crippen LogP contribution in [0.1, 0.15) is 75.8 Å². The quantitative estimate of drug-likeness (QED) is 0.0856. The van der Waals surface area contributed by atoms with Crippen LogP contribution in [0.15, 0.2) is 144 Å². The van der Waals surface area contributed by atoms with Gasteiger partial charge in [0.15, 0.2) is 0 Å². The monoisotopic (exact) mass is 733 g/mol. The van der Waals surface area contributed by atoms with Crippen LogP contribution < -0.4 is 5.32 Å². The van der Waals surface area contributed by atoms with Crippen LogP contribution in [0.2, 0.25) is 16.6 Å². The minimum Gasteiger partial charge on any atom is -0.356 e. The number of hydrogen-bond donors (Lipinski definition) is 1. The Morgan fingerprint density at radius 2 is 1.18 bits per heavy atom. The Labute approximate surface area is 309 Å². The molecule has 5 aromatic carbocycles. The largest absolute Gasteiger partial charge is 0.356 e. The van der Waals surface area contributed by atoms with E-state index in [9.17, 15) is 0 Å². The number of rotatable bonds is 10. The minimum atomic E-state index is -1.88. The third kappa shape index (κ3) is 7.26. The van der Waals surface area contributed by atoms with Crippen molar-refractivity contribution in [3.8, 4) is 11.5 Å². The van der Waals surface area contributed by atoms with Gasteiger partial charge in [-0.15, -0.1) is 11.3 Å². The molecule has 3 heteroatoms. The zero-order chi connectivity index (χ0) is 35.3. The molecule has 1 aliphatic carbocycles. The fourth-order valence-electron chi connectivity index (χ4n) is 8.21. The molecular formula is C47H48BrNSi. The summed E-state index contributed by atoms with van der Waals surface area (Å²) in [6.45, 7) is 14.3. The topological polar surface area (TPSA) is 12.0 Å². The summed E-state index contributed by atoms with van der Waals surface area (Å²) >= 11 is 3.54. The highest BCUT2D eigenvalue weighted by molar-refractivity contribution is 9.10. The SMILES string of the molecule is CC(C)[Si](C#Cc1ccccc1C=C=C(c1ccc(Nc2ccc(Br)cc2)cc1)C1CC1(c1ccccc1)c1ccccc1)(C(C)C)C(C)C. The first-order valence-electron chi connectivity index (χ1n) is 18.0. The van der Waals surface area contributed by atoms with Gasteiger partial charge in [-0.05, 0) is 93.8 Å². The summed E-state index contributed by atoms with van der Waals surface area (Å²) in [7, 11) is -1.88. The molecule has 252 valence electrons. The Bertz CT molecular complexity index is 1960. The van der Waals surface area contributed by atoms with E-state index in [0.29, 0.717) is 16.6 Å². The molecule has 0 heterocycles. The van der Waals surface area contributed by atoms with Crippen LogP contribution in [0.5, 0.6) is 0 Å². The molecule has 0 spiro atoms. The van der Waals surface area contributed by atoms with E-state index in [1.807, 2.05) is 0 Å². The second-order valence-electron chi connectivity index (χ2n) is 14.6. The Morgan fingerprint density at radius 3 is 1.72 bits per heavy atom. The molecule has 1 aliphatic rings. The van der Waals surface area contributed by atoms with Crippen LogP contribution in [0.3, 0.4) is 0 Å². The second-order valence-corrected chi connectivity index (χ2v) is 21.1. The molecule has 1 atom stereocenters. The van der Waals surface area contributed by atoms with Crippen LogP contribution in [-0.2, 0) is 5.41 Å². The molecule has 1 N–H and O–H groups in total. The zero-order valence-electron chi connectivity index (χ0n) is 30.2. The molecule has 0 aromatic heterocycles. The molecule has 0 bridgehead atoms. The van der Waals surface area contributed by atoms with E-state index in [1.54, 1.807) is 0 Å². The van der Waals surface area contributed by atoms with E-state index in [2.05, 4.69) is 220 Å². The predicted octanol–water partition coefficient (Wildman–Crippen LogP) is 13.5. The van der Waals surface area contributed by atoms with Crippen LogP contribution >= 0.6 is 15.9 Å². The van der Waals surface area contributed by atoms with Gasteiger partial charge in [0.25, 0.3) is 0 Å². The molecule has 1 fully saturated rings. The fraction of sp³-hybridized carbons (Fsp3) is 0.255. The first-order valence-corrected chi connectivity index (χ1v) is 21.0. The predicted molar refractivity (Wildman–Crippen MR) is 221 cm³/mol. The summed E-state index contributed by atoms with van der Waals surface area (Å²) in [5.74, 6) is 4.00. The van der Waals surface area contributed by atoms with Crippen molar-refractivity contribution in [3.63, 3.8) is 0 Å². The van der Waals surface area contributed by atoms with E-state index in [1.165, 1.54) is 22.3 Å². The maximum Gasteiger partial charge on any atom is 0.146 e. The van der Waals surface area contributed by atoms with Crippen LogP contribution in [0.25, 0.3) is 11.6 Å². The van der Waals surface area contributed by atoms with Crippen molar-refractivity contribution in [1.29, 1.82) is 0 Å². The summed E-state index contributed by atoms with van der Waals surface area (Å²) in [4.78, 5) is 0. The maximum absolute atomic E-state index is 3.95. The number of allylic oxidation sites excluding steroid dienone is 1. The number of halogens is 1. The first kappa shape index (κ1) is 35.5. The maximum atomic E-state index is 3.95. The Kier molecular flexibility index (Phi) is 10.9. The van der Waals surface area contributed by atoms with Gasteiger partial charge in [0, 0.05) is 38.3 Å². The van der Waals surface area contributed by atoms with E-state index >= 15 is 0 Å². The smallest absolute Gasteiger partial charge is 0.146 e. The lowest BCUT2D eigenvalue weighted by Crippen LogP contribution is -2.43. The molecule has 5 aromatic rings. The van der Waals surface area contributed by atoms with Crippen molar-refractivity contribution < 1.29 is 0 Å². The Morgan fingerprint density at radius 1 is 0.680 bits per heavy atom. The molecule has 1 saturated carbocycles. The van der Waals surface area contributed by atoms with Gasteiger partial charge < -0.3 is 5.32 Å². The highest BCUT2D eigenvalue weighted by atomic mass is 79.9. The van der Waals surface area contributed by atoms with Gasteiger partial charge in [0.2, 0.25) is 0 Å². The lowest BCUT2D eigenvalue weighted by molar-refractivity contribution is 0.798. The van der Waals surface area contributed by atoms with Crippen molar-refractivity contribution in [2.24, 2.45) is 5.92 Å². The Balaban J connectivity index is 1.46. The van der Waals surface area contributed by atoms with Crippen LogP contribution in [-0.4, -0.2) is 8.07 Å². The molecule has 0 aliphatic heterocycles. The normalized spacial score (nSPS) is 14.9. The van der Waals surface area contributed by atoms with Crippen molar-refractivity contribution in [2.75, 3.05) is 5.32 Å². The van der Waals surface area contributed by atoms with Gasteiger partial charge in [0.1, 0.15) is 8.07 Å². The molecule has 50 heavy (non-hydrogen) atoms. The third-order valence-electron chi connectivity index (χ3n) is 10.8. The molecule has 0 amide bonds. The van der Waals surface area contributed by atoms with Gasteiger partial charge in [-0.2, -0.15) is 0 Å². The molecule has 1 nitrogen and oxygen atoms in total. The summed E-state index contributed by atoms with van der Waals surface area (Å²) < 4.78 is 1.07. The van der Waals surface area contributed by atoms with Crippen LogP contribution in [0, 0.1) is 17.4 Å². The van der Waals surface area contributed by atoms with E-state index in [4.69, 9.17) is 0 Å². The number of nitrogens with one attached hydrogen (secondary N) is 1. The lowest BCUT2D eigenvalue weighted by atomic mass is 9.83. The number of benzene rings is 5. The van der Waals surface area contributed by atoms with Gasteiger partial charge in [-0.3, -0.25) is 0 Å². The van der Waals surface area contributed by atoms with E-state index in [0.717, 1.165) is 33.4 Å². The average molecular weight is 735 g/mol. The molecule has 1 unspecified atom stereocenters. The summed E-state index contributed by atoms with van der Waals surface area (Å²) in [5.41, 5.74) is 19.0. The van der Waals surface area contributed by atoms with Crippen LogP contribution in [0.4, 0.5) is 11.4 Å². The van der Waals surface area contributed by atoms with Gasteiger partial charge >= 0.3 is 0 Å². The van der Waals surface area contributed by atoms with Crippen molar-refractivity contribution >= 4 is 47.0 Å². The standard InChI is InChI=1S/C47H48BrNSi/c1-34(2)50(35(3)4,36(5)6)32-31-38-16-14-13-15-37(38)23-30-45(39-21-26-43(27-22-39)49-44-28-24-42(48)25-29-44)46-33-47(46,40-17-9-7-10-18-40)41-19-11-8-12-20-41/h7-29,34-36,46,49H,33H2,1-6H3. The van der Waals surface area contributed by atoms with Crippen molar-refractivity contribution in [1.82, 2.24) is 0 Å². The average Bonchev–Trinajstić information content (AvgIpc) is 3.88. The zero-order valence-corrected chi connectivity index (χ0v) is 32.8. The van der Waals surface area contributed by atoms with Gasteiger partial charge in [-0.1, -0.05) is 154 Å². The molecular weight excluding hydrogens is 687 g/mol. The van der Waals surface area contributed by atoms with E-state index in [-0.39, 0.29) is 11.3 Å². The minimum absolute atomic E-state index is 0.108. The lowest BCUT2D eigenvalue weighted by Gasteiger charge is -2.38. The second kappa shape index (κ2) is 15.3. The highest BCUT2D eigenvalue weighted by Gasteiger charge is 2.58. The molecule has 6 rings (SSSR count). The van der Waals surface area contributed by atoms with Crippen molar-refractivity contribution in [3.05, 3.63) is 171 Å². The molecule has 0 saturated heterocycles. The van der Waals surface area contributed by atoms with Gasteiger partial charge in [0.05, 0.1) is 0 Å². The summed E-state index contributed by atoms with van der Waals surface area (Å²) in [6, 6.07) is 47.8. The third-order valence-corrected chi connectivity index (χ3v) is 17.7. The highest BCUT2D eigenvalue weighted by Crippen LogP contribution is 2.63. The Hall–Kier alpha value is -4.32. The van der Waals surface area contributed by atoms with Crippen molar-refractivity contribution in [2.45, 2.75) is 70.0 Å². The summed E-state index contributed by atoms with van der Waals surface area (Å²) in [6.07, 6.45) is 3.22. The number of hydrogen-bond acceptors (Lipinski definition) is 1. The van der Waals surface area contributed by atoms with Gasteiger partial charge in [-0.25, -0.2) is 0 Å². The first-order chi connectivity index (χ1) is 24.1. The summed E-state index contributed by atoms with van der Waals surface area (Å²) in [5, 5.41) is 3.55. The number of anilines is 2. The molecule has 0 radical (unpaired) electrons. The fourth-order valence-corrected chi connectivity index (χ4v) is 13.7.